The summed E-state index contributed by atoms with van der Waals surface area (Å²) in [5.74, 6) is -0.0652. The molecule has 1 aliphatic rings. The Labute approximate surface area is 164 Å². The topological polar surface area (TPSA) is 59.8 Å². The van der Waals surface area contributed by atoms with Gasteiger partial charge in [-0.2, -0.15) is 0 Å². The third-order valence-electron chi connectivity index (χ3n) is 4.99. The molecule has 6 heteroatoms. The van der Waals surface area contributed by atoms with Gasteiger partial charge >= 0.3 is 5.97 Å². The SMILES string of the molecule is CCOC(=O)C1CC[NH+](CC(=O)N[C@@H](c2ccccc2)c2cccs2)CC1. The van der Waals surface area contributed by atoms with Crippen LogP contribution in [0.2, 0.25) is 0 Å². The molecule has 5 nitrogen and oxygen atoms in total. The second-order valence-corrected chi connectivity index (χ2v) is 7.86. The number of hydrogen-bond donors (Lipinski definition) is 2. The van der Waals surface area contributed by atoms with Crippen molar-refractivity contribution in [2.75, 3.05) is 26.2 Å². The Morgan fingerprint density at radius 3 is 2.56 bits per heavy atom. The van der Waals surface area contributed by atoms with Crippen molar-refractivity contribution in [3.8, 4) is 0 Å². The number of benzene rings is 1. The highest BCUT2D eigenvalue weighted by Crippen LogP contribution is 2.25. The van der Waals surface area contributed by atoms with E-state index in [-0.39, 0.29) is 23.8 Å². The zero-order valence-corrected chi connectivity index (χ0v) is 16.5. The maximum atomic E-state index is 12.7. The molecule has 1 amide bonds. The van der Waals surface area contributed by atoms with Crippen molar-refractivity contribution in [3.05, 3.63) is 58.3 Å². The predicted molar refractivity (Wildman–Crippen MR) is 106 cm³/mol. The van der Waals surface area contributed by atoms with Crippen LogP contribution in [0.25, 0.3) is 0 Å². The van der Waals surface area contributed by atoms with E-state index in [0.29, 0.717) is 13.2 Å². The second-order valence-electron chi connectivity index (χ2n) is 6.88. The molecular weight excluding hydrogens is 360 g/mol. The van der Waals surface area contributed by atoms with Crippen molar-refractivity contribution in [1.82, 2.24) is 5.32 Å². The van der Waals surface area contributed by atoms with Gasteiger partial charge in [0, 0.05) is 17.7 Å². The molecule has 2 aromatic rings. The molecule has 2 heterocycles. The standard InChI is InChI=1S/C21H26N2O3S/c1-2-26-21(25)17-10-12-23(13-11-17)15-19(24)22-20(18-9-6-14-27-18)16-7-4-3-5-8-16/h3-9,14,17,20H,2,10-13,15H2,1H3,(H,22,24)/p+1/t20-/m0/s1. The molecule has 0 radical (unpaired) electrons. The van der Waals surface area contributed by atoms with Crippen LogP contribution in [-0.2, 0) is 14.3 Å². The van der Waals surface area contributed by atoms with Crippen molar-refractivity contribution >= 4 is 23.2 Å². The lowest BCUT2D eigenvalue weighted by atomic mass is 9.97. The Kier molecular flexibility index (Phi) is 7.01. The van der Waals surface area contributed by atoms with E-state index in [1.807, 2.05) is 48.7 Å². The first-order chi connectivity index (χ1) is 13.2. The Balaban J connectivity index is 1.56. The molecule has 0 saturated carbocycles. The van der Waals surface area contributed by atoms with Gasteiger partial charge in [0.15, 0.2) is 6.54 Å². The molecule has 3 rings (SSSR count). The van der Waals surface area contributed by atoms with Crippen molar-refractivity contribution < 1.29 is 19.2 Å². The number of nitrogens with one attached hydrogen (secondary N) is 2. The second kappa shape index (κ2) is 9.67. The Hall–Kier alpha value is -2.18. The van der Waals surface area contributed by atoms with Crippen LogP contribution in [0.15, 0.2) is 47.8 Å². The van der Waals surface area contributed by atoms with Crippen molar-refractivity contribution in [3.63, 3.8) is 0 Å². The number of hydrogen-bond acceptors (Lipinski definition) is 4. The van der Waals surface area contributed by atoms with Crippen molar-refractivity contribution in [2.24, 2.45) is 5.92 Å². The first kappa shape index (κ1) is 19.6. The van der Waals surface area contributed by atoms with Gasteiger partial charge in [-0.3, -0.25) is 9.59 Å². The van der Waals surface area contributed by atoms with Gasteiger partial charge in [0.25, 0.3) is 5.91 Å². The van der Waals surface area contributed by atoms with Gasteiger partial charge in [-0.25, -0.2) is 0 Å². The van der Waals surface area contributed by atoms with Crippen LogP contribution in [-0.4, -0.2) is 38.1 Å². The molecule has 144 valence electrons. The molecule has 0 spiro atoms. The lowest BCUT2D eigenvalue weighted by Gasteiger charge is -2.28. The van der Waals surface area contributed by atoms with Crippen LogP contribution in [0.4, 0.5) is 0 Å². The fourth-order valence-corrected chi connectivity index (χ4v) is 4.36. The summed E-state index contributed by atoms with van der Waals surface area (Å²) >= 11 is 1.65. The highest BCUT2D eigenvalue weighted by molar-refractivity contribution is 7.10. The molecule has 27 heavy (non-hydrogen) atoms. The van der Waals surface area contributed by atoms with E-state index >= 15 is 0 Å². The first-order valence-electron chi connectivity index (χ1n) is 9.55. The van der Waals surface area contributed by atoms with Gasteiger partial charge in [0.1, 0.15) is 0 Å². The molecule has 1 aromatic carbocycles. The highest BCUT2D eigenvalue weighted by Gasteiger charge is 2.30. The largest absolute Gasteiger partial charge is 0.466 e. The van der Waals surface area contributed by atoms with Gasteiger partial charge in [-0.15, -0.1) is 11.3 Å². The van der Waals surface area contributed by atoms with Crippen LogP contribution in [0.1, 0.15) is 36.2 Å². The van der Waals surface area contributed by atoms with Crippen LogP contribution in [0.5, 0.6) is 0 Å². The zero-order chi connectivity index (χ0) is 19.1. The summed E-state index contributed by atoms with van der Waals surface area (Å²) in [4.78, 5) is 26.9. The Bertz CT molecular complexity index is 725. The van der Waals surface area contributed by atoms with E-state index in [2.05, 4.69) is 11.4 Å². The summed E-state index contributed by atoms with van der Waals surface area (Å²) in [5, 5.41) is 5.23. The molecule has 2 N–H and O–H groups in total. The average molecular weight is 388 g/mol. The smallest absolute Gasteiger partial charge is 0.309 e. The van der Waals surface area contributed by atoms with Gasteiger partial charge < -0.3 is 15.0 Å². The molecule has 1 saturated heterocycles. The monoisotopic (exact) mass is 387 g/mol. The molecule has 1 aliphatic heterocycles. The average Bonchev–Trinajstić information content (AvgIpc) is 3.22. The number of ether oxygens (including phenoxy) is 1. The summed E-state index contributed by atoms with van der Waals surface area (Å²) < 4.78 is 5.11. The van der Waals surface area contributed by atoms with E-state index in [9.17, 15) is 9.59 Å². The summed E-state index contributed by atoms with van der Waals surface area (Å²) in [6, 6.07) is 14.0. The quantitative estimate of drug-likeness (QED) is 0.713. The number of amides is 1. The van der Waals surface area contributed by atoms with E-state index in [4.69, 9.17) is 4.74 Å². The van der Waals surface area contributed by atoms with Crippen molar-refractivity contribution in [1.29, 1.82) is 0 Å². The van der Waals surface area contributed by atoms with Crippen LogP contribution >= 0.6 is 11.3 Å². The Morgan fingerprint density at radius 2 is 1.93 bits per heavy atom. The minimum absolute atomic E-state index is 0.0139. The first-order valence-corrected chi connectivity index (χ1v) is 10.4. The molecule has 1 fully saturated rings. The molecule has 1 atom stereocenters. The number of thiophene rings is 1. The Morgan fingerprint density at radius 1 is 1.19 bits per heavy atom. The fourth-order valence-electron chi connectivity index (χ4n) is 3.56. The molecular formula is C21H27N2O3S+. The van der Waals surface area contributed by atoms with Crippen LogP contribution < -0.4 is 10.2 Å². The number of likely N-dealkylation sites (tertiary alicyclic amines) is 1. The van der Waals surface area contributed by atoms with Crippen molar-refractivity contribution in [2.45, 2.75) is 25.8 Å². The third-order valence-corrected chi connectivity index (χ3v) is 5.93. The molecule has 0 bridgehead atoms. The van der Waals surface area contributed by atoms with Gasteiger partial charge in [0.05, 0.1) is 31.7 Å². The highest BCUT2D eigenvalue weighted by atomic mass is 32.1. The van der Waals surface area contributed by atoms with E-state index < -0.39 is 0 Å². The predicted octanol–water partition coefficient (Wildman–Crippen LogP) is 1.81. The number of piperidine rings is 1. The third kappa shape index (κ3) is 5.40. The van der Waals surface area contributed by atoms with E-state index in [0.717, 1.165) is 36.4 Å². The minimum atomic E-state index is -0.116. The lowest BCUT2D eigenvalue weighted by molar-refractivity contribution is -0.897. The number of quaternary nitrogens is 1. The molecule has 0 unspecified atom stereocenters. The zero-order valence-electron chi connectivity index (χ0n) is 15.6. The normalized spacial score (nSPS) is 20.6. The lowest BCUT2D eigenvalue weighted by Crippen LogP contribution is -3.14. The minimum Gasteiger partial charge on any atom is -0.466 e. The number of rotatable bonds is 7. The fraction of sp³-hybridized carbons (Fsp3) is 0.429. The van der Waals surface area contributed by atoms with Gasteiger partial charge in [-0.05, 0) is 23.9 Å². The van der Waals surface area contributed by atoms with Crippen LogP contribution in [0, 0.1) is 5.92 Å². The number of carbonyl (C=O) groups is 2. The maximum Gasteiger partial charge on any atom is 0.309 e. The number of esters is 1. The van der Waals surface area contributed by atoms with E-state index in [1.54, 1.807) is 11.3 Å². The summed E-state index contributed by atoms with van der Waals surface area (Å²) in [6.07, 6.45) is 1.57. The maximum absolute atomic E-state index is 12.7. The summed E-state index contributed by atoms with van der Waals surface area (Å²) in [7, 11) is 0. The van der Waals surface area contributed by atoms with Crippen LogP contribution in [0.3, 0.4) is 0 Å². The summed E-state index contributed by atoms with van der Waals surface area (Å²) in [5.41, 5.74) is 1.09. The molecule has 0 aliphatic carbocycles. The summed E-state index contributed by atoms with van der Waals surface area (Å²) in [6.45, 7) is 4.35. The van der Waals surface area contributed by atoms with Gasteiger partial charge in [-0.1, -0.05) is 36.4 Å². The van der Waals surface area contributed by atoms with Gasteiger partial charge in [0.2, 0.25) is 0 Å². The molecule has 1 aromatic heterocycles. The number of carbonyl (C=O) groups excluding carboxylic acids is 2. The van der Waals surface area contributed by atoms with E-state index in [1.165, 1.54) is 4.90 Å².